The van der Waals surface area contributed by atoms with Gasteiger partial charge in [0.05, 0.1) is 0 Å². The van der Waals surface area contributed by atoms with E-state index in [1.54, 1.807) is 20.2 Å². The summed E-state index contributed by atoms with van der Waals surface area (Å²) in [5, 5.41) is 0. The number of aromatic nitrogens is 1. The first-order chi connectivity index (χ1) is 7.69. The highest BCUT2D eigenvalue weighted by atomic mass is 16.2. The van der Waals surface area contributed by atoms with Crippen molar-refractivity contribution < 1.29 is 9.59 Å². The van der Waals surface area contributed by atoms with Gasteiger partial charge in [-0.3, -0.25) is 20.4 Å². The van der Waals surface area contributed by atoms with Crippen molar-refractivity contribution in [1.82, 2.24) is 26.7 Å². The van der Waals surface area contributed by atoms with Crippen LogP contribution in [-0.2, 0) is 0 Å². The maximum atomic E-state index is 11.4. The van der Waals surface area contributed by atoms with E-state index in [9.17, 15) is 9.59 Å². The van der Waals surface area contributed by atoms with Crippen molar-refractivity contribution in [1.29, 1.82) is 0 Å². The summed E-state index contributed by atoms with van der Waals surface area (Å²) in [6.07, 6.45) is 0. The molecular weight excluding hydrogens is 210 g/mol. The second-order valence-electron chi connectivity index (χ2n) is 2.82. The van der Waals surface area contributed by atoms with Crippen molar-refractivity contribution in [3.8, 4) is 0 Å². The highest BCUT2D eigenvalue weighted by Crippen LogP contribution is 1.99. The summed E-state index contributed by atoms with van der Waals surface area (Å²) in [6.45, 7) is 0. The van der Waals surface area contributed by atoms with E-state index < -0.39 is 11.8 Å². The Morgan fingerprint density at radius 1 is 1.00 bits per heavy atom. The highest BCUT2D eigenvalue weighted by molar-refractivity contribution is 5.95. The van der Waals surface area contributed by atoms with Gasteiger partial charge in [0.2, 0.25) is 0 Å². The Balaban J connectivity index is 2.86. The van der Waals surface area contributed by atoms with E-state index in [4.69, 9.17) is 0 Å². The van der Waals surface area contributed by atoms with Crippen LogP contribution in [0.1, 0.15) is 21.0 Å². The minimum atomic E-state index is -0.401. The maximum Gasteiger partial charge on any atom is 0.283 e. The molecule has 0 spiro atoms. The van der Waals surface area contributed by atoms with Crippen molar-refractivity contribution >= 4 is 11.8 Å². The fourth-order valence-corrected chi connectivity index (χ4v) is 1.04. The minimum Gasteiger partial charge on any atom is -0.286 e. The number of carbonyl (C=O) groups is 2. The molecule has 0 atom stereocenters. The monoisotopic (exact) mass is 223 g/mol. The minimum absolute atomic E-state index is 0.165. The number of nitrogens with zero attached hydrogens (tertiary/aromatic N) is 1. The molecule has 1 rings (SSSR count). The van der Waals surface area contributed by atoms with Crippen LogP contribution in [0.4, 0.5) is 0 Å². The SMILES string of the molecule is CNNC(=O)c1cccc(C(=O)NNC)n1. The van der Waals surface area contributed by atoms with Crippen LogP contribution in [0.25, 0.3) is 0 Å². The Kier molecular flexibility index (Phi) is 4.37. The molecule has 0 saturated carbocycles. The molecule has 4 N–H and O–H groups in total. The van der Waals surface area contributed by atoms with Gasteiger partial charge in [0.1, 0.15) is 11.4 Å². The number of amides is 2. The summed E-state index contributed by atoms with van der Waals surface area (Å²) >= 11 is 0. The fraction of sp³-hybridized carbons (Fsp3) is 0.222. The van der Waals surface area contributed by atoms with Gasteiger partial charge in [-0.05, 0) is 12.1 Å². The summed E-state index contributed by atoms with van der Waals surface area (Å²) in [4.78, 5) is 26.7. The summed E-state index contributed by atoms with van der Waals surface area (Å²) < 4.78 is 0. The van der Waals surface area contributed by atoms with Gasteiger partial charge in [0.15, 0.2) is 0 Å². The topological polar surface area (TPSA) is 95.1 Å². The molecule has 0 aliphatic heterocycles. The Labute approximate surface area is 92.6 Å². The molecule has 7 nitrogen and oxygen atoms in total. The molecule has 0 aliphatic carbocycles. The summed E-state index contributed by atoms with van der Waals surface area (Å²) in [7, 11) is 3.13. The van der Waals surface area contributed by atoms with Crippen LogP contribution >= 0.6 is 0 Å². The van der Waals surface area contributed by atoms with Gasteiger partial charge in [0, 0.05) is 14.1 Å². The van der Waals surface area contributed by atoms with E-state index in [0.717, 1.165) is 0 Å². The molecule has 86 valence electrons. The van der Waals surface area contributed by atoms with Gasteiger partial charge >= 0.3 is 0 Å². The standard InChI is InChI=1S/C9H13N5O2/c1-10-13-8(15)6-4-3-5-7(12-6)9(16)14-11-2/h3-5,10-11H,1-2H3,(H,13,15)(H,14,16). The Bertz CT molecular complexity index is 360. The molecular formula is C9H13N5O2. The lowest BCUT2D eigenvalue weighted by atomic mass is 10.3. The van der Waals surface area contributed by atoms with Crippen molar-refractivity contribution in [2.24, 2.45) is 0 Å². The van der Waals surface area contributed by atoms with Gasteiger partial charge in [-0.15, -0.1) is 0 Å². The van der Waals surface area contributed by atoms with Crippen molar-refractivity contribution in [2.75, 3.05) is 14.1 Å². The smallest absolute Gasteiger partial charge is 0.283 e. The van der Waals surface area contributed by atoms with Crippen LogP contribution < -0.4 is 21.7 Å². The van der Waals surface area contributed by atoms with E-state index in [-0.39, 0.29) is 11.4 Å². The highest BCUT2D eigenvalue weighted by Gasteiger charge is 2.10. The van der Waals surface area contributed by atoms with Crippen LogP contribution in [0, 0.1) is 0 Å². The third-order valence-corrected chi connectivity index (χ3v) is 1.69. The van der Waals surface area contributed by atoms with E-state index in [2.05, 4.69) is 26.7 Å². The molecule has 1 aromatic rings. The number of rotatable bonds is 4. The van der Waals surface area contributed by atoms with Crippen LogP contribution in [0.3, 0.4) is 0 Å². The van der Waals surface area contributed by atoms with Crippen molar-refractivity contribution in [2.45, 2.75) is 0 Å². The van der Waals surface area contributed by atoms with Gasteiger partial charge in [-0.1, -0.05) is 6.07 Å². The third-order valence-electron chi connectivity index (χ3n) is 1.69. The van der Waals surface area contributed by atoms with Crippen LogP contribution in [0.15, 0.2) is 18.2 Å². The summed E-state index contributed by atoms with van der Waals surface area (Å²) in [5.41, 5.74) is 10.0. The van der Waals surface area contributed by atoms with Crippen LogP contribution in [-0.4, -0.2) is 30.9 Å². The van der Waals surface area contributed by atoms with E-state index in [0.29, 0.717) is 0 Å². The predicted molar refractivity (Wildman–Crippen MR) is 57.3 cm³/mol. The Hall–Kier alpha value is -1.99. The lowest BCUT2D eigenvalue weighted by Crippen LogP contribution is -2.36. The second-order valence-corrected chi connectivity index (χ2v) is 2.82. The van der Waals surface area contributed by atoms with E-state index in [1.165, 1.54) is 12.1 Å². The first-order valence-corrected chi connectivity index (χ1v) is 4.60. The largest absolute Gasteiger partial charge is 0.286 e. The Morgan fingerprint density at radius 2 is 1.44 bits per heavy atom. The number of hydrazine groups is 2. The molecule has 0 unspecified atom stereocenters. The second kappa shape index (κ2) is 5.79. The summed E-state index contributed by atoms with van der Waals surface area (Å²) in [5.74, 6) is -0.803. The molecule has 0 saturated heterocycles. The third kappa shape index (κ3) is 3.01. The van der Waals surface area contributed by atoms with Crippen LogP contribution in [0.2, 0.25) is 0 Å². The molecule has 16 heavy (non-hydrogen) atoms. The Morgan fingerprint density at radius 3 is 1.81 bits per heavy atom. The average molecular weight is 223 g/mol. The number of carbonyl (C=O) groups excluding carboxylic acids is 2. The van der Waals surface area contributed by atoms with Gasteiger partial charge < -0.3 is 0 Å². The van der Waals surface area contributed by atoms with E-state index >= 15 is 0 Å². The zero-order chi connectivity index (χ0) is 12.0. The van der Waals surface area contributed by atoms with Gasteiger partial charge in [0.25, 0.3) is 11.8 Å². The van der Waals surface area contributed by atoms with Crippen molar-refractivity contribution in [3.05, 3.63) is 29.6 Å². The molecule has 0 bridgehead atoms. The molecule has 0 aliphatic rings. The summed E-state index contributed by atoms with van der Waals surface area (Å²) in [6, 6.07) is 4.62. The number of hydrogen-bond acceptors (Lipinski definition) is 5. The molecule has 7 heteroatoms. The maximum absolute atomic E-state index is 11.4. The number of nitrogens with one attached hydrogen (secondary N) is 4. The number of hydrogen-bond donors (Lipinski definition) is 4. The fourth-order valence-electron chi connectivity index (χ4n) is 1.04. The first kappa shape index (κ1) is 12.1. The van der Waals surface area contributed by atoms with E-state index in [1.807, 2.05) is 0 Å². The average Bonchev–Trinajstić information content (AvgIpc) is 2.30. The predicted octanol–water partition coefficient (Wildman–Crippen LogP) is -1.19. The zero-order valence-corrected chi connectivity index (χ0v) is 9.00. The molecule has 0 fully saturated rings. The number of pyridine rings is 1. The van der Waals surface area contributed by atoms with Crippen molar-refractivity contribution in [3.63, 3.8) is 0 Å². The first-order valence-electron chi connectivity index (χ1n) is 4.60. The van der Waals surface area contributed by atoms with Gasteiger partial charge in [-0.25, -0.2) is 15.8 Å². The molecule has 1 aromatic heterocycles. The van der Waals surface area contributed by atoms with Crippen LogP contribution in [0.5, 0.6) is 0 Å². The normalized spacial score (nSPS) is 9.62. The molecule has 0 radical (unpaired) electrons. The molecule has 1 heterocycles. The molecule has 2 amide bonds. The lowest BCUT2D eigenvalue weighted by molar-refractivity contribution is 0.0928. The molecule has 0 aromatic carbocycles. The quantitative estimate of drug-likeness (QED) is 0.481. The lowest BCUT2D eigenvalue weighted by Gasteiger charge is -2.05. The zero-order valence-electron chi connectivity index (χ0n) is 9.00. The van der Waals surface area contributed by atoms with Gasteiger partial charge in [-0.2, -0.15) is 0 Å².